The average Bonchev–Trinajstić information content (AvgIpc) is 1.73. The van der Waals surface area contributed by atoms with E-state index in [2.05, 4.69) is 63.0 Å². The molecule has 0 unspecified atom stereocenters. The van der Waals surface area contributed by atoms with Crippen molar-refractivity contribution in [3.05, 3.63) is 346 Å². The smallest absolute Gasteiger partial charge is 0.416 e. The Morgan fingerprint density at radius 1 is 0.347 bits per heavy atom. The molecule has 0 aliphatic carbocycles. The van der Waals surface area contributed by atoms with E-state index >= 15 is 0 Å². The van der Waals surface area contributed by atoms with Gasteiger partial charge in [0.25, 0.3) is 29.5 Å². The number of halogens is 5. The van der Waals surface area contributed by atoms with Crippen LogP contribution in [-0.2, 0) is 11.6 Å². The van der Waals surface area contributed by atoms with Crippen molar-refractivity contribution in [1.29, 1.82) is 5.26 Å². The lowest BCUT2D eigenvalue weighted by atomic mass is 9.74. The minimum absolute atomic E-state index is 0.0872. The third kappa shape index (κ3) is 22.5. The van der Waals surface area contributed by atoms with Crippen LogP contribution < -0.4 is 33.2 Å². The Hall–Kier alpha value is -16.7. The van der Waals surface area contributed by atoms with Crippen LogP contribution in [0.4, 0.5) is 22.0 Å². The highest BCUT2D eigenvalue weighted by molar-refractivity contribution is 5.96. The number of carbonyl (C=O) groups is 5. The number of hydrogen-bond acceptors (Lipinski definition) is 23. The molecule has 23 rings (SSSR count). The Balaban J connectivity index is 0.000000114. The Morgan fingerprint density at radius 2 is 0.681 bits per heavy atom. The summed E-state index contributed by atoms with van der Waals surface area (Å²) in [5.74, 6) is 5.30. The molecule has 13 heterocycles. The van der Waals surface area contributed by atoms with Crippen molar-refractivity contribution >= 4 is 29.5 Å². The molecule has 5 aromatic heterocycles. The van der Waals surface area contributed by atoms with Crippen LogP contribution in [0.5, 0.6) is 40.2 Å². The van der Waals surface area contributed by atoms with E-state index in [0.717, 1.165) is 89.8 Å². The lowest BCUT2D eigenvalue weighted by Gasteiger charge is -2.39. The van der Waals surface area contributed by atoms with Crippen molar-refractivity contribution in [2.24, 2.45) is 0 Å². The van der Waals surface area contributed by atoms with Gasteiger partial charge in [0.15, 0.2) is 103 Å². The maximum Gasteiger partial charge on any atom is 0.416 e. The number of para-hydroxylation sites is 1. The first-order chi connectivity index (χ1) is 70.1. The highest BCUT2D eigenvalue weighted by atomic mass is 19.4. The quantitative estimate of drug-likeness (QED) is 0.0811. The minimum atomic E-state index is -4.38. The first-order valence-electron chi connectivity index (χ1n) is 47.6. The van der Waals surface area contributed by atoms with Gasteiger partial charge in [0, 0.05) is 136 Å². The second kappa shape index (κ2) is 43.6. The van der Waals surface area contributed by atoms with E-state index in [9.17, 15) is 45.9 Å². The van der Waals surface area contributed by atoms with Gasteiger partial charge >= 0.3 is 6.18 Å². The van der Waals surface area contributed by atoms with Crippen LogP contribution in [-0.4, -0.2) is 172 Å². The number of alkyl halides is 3. The number of ether oxygens (including phenoxy) is 7. The van der Waals surface area contributed by atoms with Crippen molar-refractivity contribution < 1.29 is 102 Å². The summed E-state index contributed by atoms with van der Waals surface area (Å²) in [6, 6.07) is 83.6. The highest BCUT2D eigenvalue weighted by Crippen LogP contribution is 2.44. The van der Waals surface area contributed by atoms with Crippen LogP contribution in [0.1, 0.15) is 175 Å². The second-order valence-corrected chi connectivity index (χ2v) is 36.2. The lowest BCUT2D eigenvalue weighted by molar-refractivity contribution is -0.138. The Labute approximate surface area is 824 Å². The van der Waals surface area contributed by atoms with Gasteiger partial charge in [-0.2, -0.15) is 18.4 Å². The predicted octanol–water partition coefficient (Wildman–Crippen LogP) is 22.0. The summed E-state index contributed by atoms with van der Waals surface area (Å²) in [5, 5.41) is 28.7. The standard InChI is InChI=1S/C23H19N3O4.C23H22N2O4.C22H19F3N2O2.C22H18F2N2O4.C21H20N2O3/c24-13-15-1-3-16(4-2-15)17-7-9-26(10-8-17)23(27)19-12-21(30-25-19)18-5-6-20-22(11-18)29-14-28-20;1-23(17-5-3-2-4-6-17)9-11-25(12-10-23)22(26)18-14-20(29-24-18)16-7-8-19-21(13-16)28-15-27-19;23-22(24,25)18-9-5-4-8-17(18)15-10-12-27(13-11-15)21(28)19-14-20(29-26-19)16-6-2-1-3-7-16;23-16-3-1-14(9-17(16)24)13-5-7-26(8-6-13)22(27)18-11-20(30-25-18)15-2-4-19-21(10-15)29-12-28-19;24-21(19-15-20(26-22-19)16-7-3-1-4-8-16)23-13-11-18(12-14-23)25-17-9-5-2-6-10-17/h1-6,11-12,17H,7-10,14H2;2-8,13-14H,9-12,15H2,1H3;1-9,14-15H,10-13H2;1-4,9-11,13H,5-8,12H2;1-10,15,18H,11-14H2. The van der Waals surface area contributed by atoms with E-state index in [0.29, 0.717) is 189 Å². The van der Waals surface area contributed by atoms with Gasteiger partial charge in [0.2, 0.25) is 20.4 Å². The van der Waals surface area contributed by atoms with Gasteiger partial charge in [-0.25, -0.2) is 8.78 Å². The number of nitrogens with zero attached hydrogens (tertiary/aromatic N) is 11. The van der Waals surface area contributed by atoms with Gasteiger partial charge in [-0.05, 0) is 194 Å². The fourth-order valence-electron chi connectivity index (χ4n) is 18.9. The second-order valence-electron chi connectivity index (χ2n) is 36.2. The third-order valence-electron chi connectivity index (χ3n) is 27.1. The molecule has 8 aliphatic heterocycles. The molecular formula is C111H98F5N11O17. The van der Waals surface area contributed by atoms with E-state index in [-0.39, 0.29) is 84.7 Å². The number of amides is 5. The molecule has 144 heavy (non-hydrogen) atoms. The number of nitriles is 1. The van der Waals surface area contributed by atoms with Crippen LogP contribution >= 0.6 is 0 Å². The number of likely N-dealkylation sites (tertiary alicyclic amines) is 5. The summed E-state index contributed by atoms with van der Waals surface area (Å²) in [4.78, 5) is 72.9. The van der Waals surface area contributed by atoms with E-state index < -0.39 is 23.4 Å². The third-order valence-corrected chi connectivity index (χ3v) is 27.1. The molecule has 15 aromatic rings. The molecule has 0 saturated carbocycles. The molecule has 28 nitrogen and oxygen atoms in total. The first kappa shape index (κ1) is 96.2. The molecule has 5 saturated heterocycles. The zero-order valence-electron chi connectivity index (χ0n) is 78.3. The van der Waals surface area contributed by atoms with Crippen LogP contribution in [0.2, 0.25) is 0 Å². The summed E-state index contributed by atoms with van der Waals surface area (Å²) < 4.78 is 131. The van der Waals surface area contributed by atoms with Crippen LogP contribution in [0.25, 0.3) is 56.6 Å². The van der Waals surface area contributed by atoms with Crippen LogP contribution in [0.3, 0.4) is 0 Å². The number of benzene rings is 10. The fourth-order valence-corrected chi connectivity index (χ4v) is 18.9. The summed E-state index contributed by atoms with van der Waals surface area (Å²) in [6.07, 6.45) is 3.28. The number of hydrogen-bond donors (Lipinski definition) is 0. The summed E-state index contributed by atoms with van der Waals surface area (Å²) in [5.41, 5.74) is 9.26. The zero-order chi connectivity index (χ0) is 99.2. The fraction of sp³-hybridized carbons (Fsp3) is 0.270. The average molecular weight is 1950 g/mol. The van der Waals surface area contributed by atoms with E-state index in [4.69, 9.17) is 61.0 Å². The SMILES string of the molecule is CC1(c2ccccc2)CCN(C(=O)c2cc(-c3ccc4c(c3)OCO4)on2)CC1.N#Cc1ccc(C2CCN(C(=O)c3cc(-c4ccc5c(c4)OCO5)on3)CC2)cc1.O=C(c1cc(-c2ccc3c(c2)OCO3)on1)N1CCC(c2ccc(F)c(F)c2)CC1.O=C(c1cc(-c2ccccc2)on1)N1CCC(Oc2ccccc2)CC1.O=C(c1cc(-c2ccccc2)on1)N1CCC(c2ccccc2C(F)(F)F)CC1. The topological polar surface area (TPSA) is 320 Å². The number of carbonyl (C=O) groups excluding carboxylic acids is 5. The van der Waals surface area contributed by atoms with Gasteiger partial charge < -0.3 is 80.3 Å². The van der Waals surface area contributed by atoms with Crippen LogP contribution in [0.15, 0.2) is 296 Å². The molecule has 734 valence electrons. The van der Waals surface area contributed by atoms with Crippen molar-refractivity contribution in [1.82, 2.24) is 50.3 Å². The number of aromatic nitrogens is 5. The molecule has 5 fully saturated rings. The van der Waals surface area contributed by atoms with Gasteiger partial charge in [-0.3, -0.25) is 24.0 Å². The van der Waals surface area contributed by atoms with E-state index in [1.807, 2.05) is 178 Å². The maximum atomic E-state index is 13.5. The molecule has 0 spiro atoms. The minimum Gasteiger partial charge on any atom is -0.490 e. The van der Waals surface area contributed by atoms with Gasteiger partial charge in [-0.1, -0.05) is 178 Å². The molecule has 5 amide bonds. The molecule has 0 N–H and O–H groups in total. The zero-order valence-corrected chi connectivity index (χ0v) is 78.3. The lowest BCUT2D eigenvalue weighted by Crippen LogP contribution is -2.44. The number of rotatable bonds is 16. The Bertz CT molecular complexity index is 7050. The molecule has 10 aromatic carbocycles. The molecule has 0 bridgehead atoms. The van der Waals surface area contributed by atoms with Crippen LogP contribution in [0, 0.1) is 23.0 Å². The Morgan fingerprint density at radius 3 is 1.07 bits per heavy atom. The Kier molecular flexibility index (Phi) is 29.1. The van der Waals surface area contributed by atoms with E-state index in [1.54, 1.807) is 64.4 Å². The van der Waals surface area contributed by atoms with Gasteiger partial charge in [0.05, 0.1) is 17.2 Å². The summed E-state index contributed by atoms with van der Waals surface area (Å²) >= 11 is 0. The van der Waals surface area contributed by atoms with Crippen molar-refractivity contribution in [3.8, 4) is 103 Å². The van der Waals surface area contributed by atoms with Gasteiger partial charge in [-0.15, -0.1) is 0 Å². The monoisotopic (exact) mass is 1950 g/mol. The highest BCUT2D eigenvalue weighted by Gasteiger charge is 2.40. The maximum absolute atomic E-state index is 13.5. The summed E-state index contributed by atoms with van der Waals surface area (Å²) in [7, 11) is 0. The largest absolute Gasteiger partial charge is 0.490 e. The van der Waals surface area contributed by atoms with Crippen molar-refractivity contribution in [2.45, 2.75) is 107 Å². The molecule has 0 radical (unpaired) electrons. The number of piperidine rings is 5. The van der Waals surface area contributed by atoms with Gasteiger partial charge in [0.1, 0.15) is 11.9 Å². The normalized spacial score (nSPS) is 16.0. The predicted molar refractivity (Wildman–Crippen MR) is 516 cm³/mol. The molecular weight excluding hydrogens is 1850 g/mol. The number of fused-ring (bicyclic) bond motifs is 3. The summed E-state index contributed by atoms with van der Waals surface area (Å²) in [6.45, 7) is 8.70. The first-order valence-corrected chi connectivity index (χ1v) is 47.6. The van der Waals surface area contributed by atoms with Crippen molar-refractivity contribution in [2.75, 3.05) is 85.8 Å². The van der Waals surface area contributed by atoms with E-state index in [1.165, 1.54) is 29.3 Å². The molecule has 8 aliphatic rings. The molecule has 0 atom stereocenters. The van der Waals surface area contributed by atoms with Crippen molar-refractivity contribution in [3.63, 3.8) is 0 Å². The molecule has 33 heteroatoms.